The molecule has 2 rings (SSSR count). The van der Waals surface area contributed by atoms with E-state index in [2.05, 4.69) is 5.32 Å². The number of nitrogens with one attached hydrogen (secondary N) is 1. The van der Waals surface area contributed by atoms with Crippen LogP contribution in [0.25, 0.3) is 0 Å². The highest BCUT2D eigenvalue weighted by atomic mass is 16.3. The molecule has 1 N–H and O–H groups in total. The zero-order valence-electron chi connectivity index (χ0n) is 11.1. The van der Waals surface area contributed by atoms with Gasteiger partial charge in [0.25, 0.3) is 5.66 Å². The molecule has 0 saturated heterocycles. The monoisotopic (exact) mass is 253 g/mol. The molecule has 1 aromatic rings. The first-order valence-electron chi connectivity index (χ1n) is 5.77. The third-order valence-electron chi connectivity index (χ3n) is 3.76. The van der Waals surface area contributed by atoms with E-state index >= 15 is 0 Å². The first kappa shape index (κ1) is 12.5. The van der Waals surface area contributed by atoms with Gasteiger partial charge in [0.15, 0.2) is 5.82 Å². The summed E-state index contributed by atoms with van der Waals surface area (Å²) in [4.78, 5) is 36.1. The second kappa shape index (κ2) is 3.54. The summed E-state index contributed by atoms with van der Waals surface area (Å²) in [6.07, 6.45) is 0. The normalized spacial score (nSPS) is 22.2. The molecule has 1 aromatic heterocycles. The van der Waals surface area contributed by atoms with Gasteiger partial charge in [0, 0.05) is 31.8 Å². The van der Waals surface area contributed by atoms with Gasteiger partial charge in [-0.15, -0.1) is 0 Å². The average molecular weight is 253 g/mol. The van der Waals surface area contributed by atoms with E-state index in [1.54, 1.807) is 6.92 Å². The molecule has 0 aliphatic carbocycles. The molecule has 0 spiro atoms. The number of nitrogens with zero attached hydrogens (tertiary/aromatic N) is 3. The Morgan fingerprint density at radius 2 is 1.78 bits per heavy atom. The van der Waals surface area contributed by atoms with Crippen molar-refractivity contribution in [2.75, 3.05) is 5.32 Å². The van der Waals surface area contributed by atoms with Crippen LogP contribution in [0.1, 0.15) is 20.8 Å². The highest BCUT2D eigenvalue weighted by Gasteiger charge is 2.55. The van der Waals surface area contributed by atoms with Crippen molar-refractivity contribution >= 4 is 11.5 Å². The molecule has 1 aliphatic rings. The molecule has 0 amide bonds. The number of nitroso groups, excluding NO2 is 1. The Balaban J connectivity index is 2.83. The Morgan fingerprint density at radius 3 is 2.28 bits per heavy atom. The summed E-state index contributed by atoms with van der Waals surface area (Å²) in [7, 11) is 2.90. The van der Waals surface area contributed by atoms with Crippen LogP contribution in [0, 0.1) is 10.8 Å². The van der Waals surface area contributed by atoms with Crippen molar-refractivity contribution in [3.05, 3.63) is 25.7 Å². The second-order valence-corrected chi connectivity index (χ2v) is 5.12. The van der Waals surface area contributed by atoms with E-state index in [0.29, 0.717) is 4.76 Å². The van der Waals surface area contributed by atoms with Crippen molar-refractivity contribution < 1.29 is 4.76 Å². The van der Waals surface area contributed by atoms with Gasteiger partial charge in [-0.2, -0.15) is 0 Å². The Kier molecular flexibility index (Phi) is 2.46. The van der Waals surface area contributed by atoms with Gasteiger partial charge in [0.1, 0.15) is 0 Å². The van der Waals surface area contributed by atoms with Gasteiger partial charge in [-0.1, -0.05) is 13.8 Å². The van der Waals surface area contributed by atoms with Crippen molar-refractivity contribution in [2.24, 2.45) is 20.0 Å². The van der Waals surface area contributed by atoms with Gasteiger partial charge in [-0.3, -0.25) is 13.9 Å². The second-order valence-electron chi connectivity index (χ2n) is 5.12. The maximum atomic E-state index is 12.3. The van der Waals surface area contributed by atoms with Crippen molar-refractivity contribution in [1.82, 2.24) is 9.13 Å². The molecule has 0 saturated carbocycles. The minimum Gasteiger partial charge on any atom is -0.302 e. The van der Waals surface area contributed by atoms with Gasteiger partial charge in [-0.25, -0.2) is 4.79 Å². The van der Waals surface area contributed by atoms with E-state index in [1.807, 2.05) is 13.8 Å². The molecular formula is C11H17N4O3+. The summed E-state index contributed by atoms with van der Waals surface area (Å²) in [5, 5.41) is 3.00. The molecule has 0 radical (unpaired) electrons. The van der Waals surface area contributed by atoms with Gasteiger partial charge in [-0.05, 0) is 0 Å². The fourth-order valence-electron chi connectivity index (χ4n) is 2.05. The number of aromatic nitrogens is 2. The summed E-state index contributed by atoms with van der Waals surface area (Å²) >= 11 is 0. The molecule has 7 heteroatoms. The van der Waals surface area contributed by atoms with Crippen LogP contribution in [0.3, 0.4) is 0 Å². The molecule has 0 fully saturated rings. The maximum absolute atomic E-state index is 12.3. The molecule has 18 heavy (non-hydrogen) atoms. The third-order valence-corrected chi connectivity index (χ3v) is 3.76. The minimum atomic E-state index is -0.917. The van der Waals surface area contributed by atoms with Crippen LogP contribution in [0.2, 0.25) is 0 Å². The molecule has 1 atom stereocenters. The quantitative estimate of drug-likeness (QED) is 0.730. The van der Waals surface area contributed by atoms with Crippen LogP contribution < -0.4 is 16.6 Å². The third kappa shape index (κ3) is 1.30. The maximum Gasteiger partial charge on any atom is 0.364 e. The van der Waals surface area contributed by atoms with Crippen LogP contribution in [-0.2, 0) is 14.1 Å². The predicted octanol–water partition coefficient (Wildman–Crippen LogP) is 0.292. The highest BCUT2D eigenvalue weighted by Crippen LogP contribution is 2.37. The van der Waals surface area contributed by atoms with Crippen LogP contribution >= 0.6 is 0 Å². The van der Waals surface area contributed by atoms with Crippen LogP contribution in [0.5, 0.6) is 0 Å². The van der Waals surface area contributed by atoms with E-state index in [9.17, 15) is 14.5 Å². The Morgan fingerprint density at radius 1 is 1.22 bits per heavy atom. The first-order chi connectivity index (χ1) is 8.21. The number of hydrogen-bond acceptors (Lipinski definition) is 4. The lowest BCUT2D eigenvalue weighted by molar-refractivity contribution is -0.543. The van der Waals surface area contributed by atoms with Crippen molar-refractivity contribution in [3.63, 3.8) is 0 Å². The van der Waals surface area contributed by atoms with E-state index in [0.717, 1.165) is 4.57 Å². The fraction of sp³-hybridized carbons (Fsp3) is 0.636. The number of anilines is 1. The van der Waals surface area contributed by atoms with Crippen LogP contribution in [0.4, 0.5) is 11.5 Å². The van der Waals surface area contributed by atoms with Crippen molar-refractivity contribution in [1.29, 1.82) is 0 Å². The number of hydrogen-bond donors (Lipinski definition) is 1. The molecule has 2 heterocycles. The standard InChI is InChI=1S/C11H16N4O3/c1-6(2)11(3)12-8-7(15(11)18)9(16)14(5)10(17)13(8)4/h6H,1-5H3/p+1. The van der Waals surface area contributed by atoms with Gasteiger partial charge < -0.3 is 5.32 Å². The van der Waals surface area contributed by atoms with Gasteiger partial charge in [0.05, 0.1) is 4.76 Å². The Bertz CT molecular complexity index is 655. The van der Waals surface area contributed by atoms with E-state index in [-0.39, 0.29) is 17.4 Å². The molecule has 1 aliphatic heterocycles. The first-order valence-corrected chi connectivity index (χ1v) is 5.77. The molecule has 98 valence electrons. The highest BCUT2D eigenvalue weighted by molar-refractivity contribution is 5.59. The Hall–Kier alpha value is -1.92. The molecule has 7 nitrogen and oxygen atoms in total. The van der Waals surface area contributed by atoms with Gasteiger partial charge in [0.2, 0.25) is 0 Å². The zero-order valence-corrected chi connectivity index (χ0v) is 11.1. The summed E-state index contributed by atoms with van der Waals surface area (Å²) in [6.45, 7) is 5.48. The van der Waals surface area contributed by atoms with Crippen LogP contribution in [0.15, 0.2) is 9.59 Å². The lowest BCUT2D eigenvalue weighted by Gasteiger charge is -2.19. The summed E-state index contributed by atoms with van der Waals surface area (Å²) in [6, 6.07) is 0. The zero-order chi connectivity index (χ0) is 13.8. The lowest BCUT2D eigenvalue weighted by Crippen LogP contribution is -2.44. The van der Waals surface area contributed by atoms with Crippen LogP contribution in [-0.4, -0.2) is 19.6 Å². The van der Waals surface area contributed by atoms with E-state index < -0.39 is 16.9 Å². The average Bonchev–Trinajstić information content (AvgIpc) is 2.59. The van der Waals surface area contributed by atoms with Gasteiger partial charge >= 0.3 is 16.9 Å². The number of fused-ring (bicyclic) bond motifs is 1. The summed E-state index contributed by atoms with van der Waals surface area (Å²) < 4.78 is 2.90. The lowest BCUT2D eigenvalue weighted by atomic mass is 9.99. The molecule has 0 bridgehead atoms. The summed E-state index contributed by atoms with van der Waals surface area (Å²) in [5.41, 5.74) is -1.94. The fourth-order valence-corrected chi connectivity index (χ4v) is 2.05. The minimum absolute atomic E-state index is 0.00389. The largest absolute Gasteiger partial charge is 0.364 e. The summed E-state index contributed by atoms with van der Waals surface area (Å²) in [5.74, 6) is 0.261. The molecule has 1 unspecified atom stereocenters. The molecule has 0 aromatic carbocycles. The topological polar surface area (TPSA) is 76.1 Å². The predicted molar refractivity (Wildman–Crippen MR) is 67.1 cm³/mol. The SMILES string of the molecule is CC(C)C1(C)Nc2c(c(=O)n(C)c(=O)n2C)[N+]1=O. The molecular weight excluding hydrogens is 236 g/mol. The number of rotatable bonds is 1. The smallest absolute Gasteiger partial charge is 0.302 e. The van der Waals surface area contributed by atoms with E-state index in [1.165, 1.54) is 18.7 Å². The van der Waals surface area contributed by atoms with E-state index in [4.69, 9.17) is 0 Å². The van der Waals surface area contributed by atoms with Crippen molar-refractivity contribution in [2.45, 2.75) is 26.4 Å². The Labute approximate surface area is 104 Å². The van der Waals surface area contributed by atoms with Crippen molar-refractivity contribution in [3.8, 4) is 0 Å².